The zero-order valence-electron chi connectivity index (χ0n) is 12.5. The molecule has 0 spiro atoms. The first-order valence-corrected chi connectivity index (χ1v) is 6.62. The van der Waals surface area contributed by atoms with E-state index in [4.69, 9.17) is 10.00 Å². The lowest BCUT2D eigenvalue weighted by Crippen LogP contribution is -2.41. The van der Waals surface area contributed by atoms with E-state index >= 15 is 0 Å². The molecule has 0 saturated carbocycles. The lowest BCUT2D eigenvalue weighted by molar-refractivity contribution is -0.155. The second-order valence-electron chi connectivity index (χ2n) is 4.65. The van der Waals surface area contributed by atoms with Crippen molar-refractivity contribution in [1.82, 2.24) is 5.32 Å². The number of anilines is 1. The summed E-state index contributed by atoms with van der Waals surface area (Å²) in [4.78, 5) is 34.5. The largest absolute Gasteiger partial charge is 0.451 e. The number of amides is 2. The number of hydrogen-bond acceptors (Lipinski definition) is 5. The summed E-state index contributed by atoms with van der Waals surface area (Å²) in [6.07, 6.45) is -1.06. The van der Waals surface area contributed by atoms with Crippen molar-refractivity contribution >= 4 is 23.5 Å². The minimum Gasteiger partial charge on any atom is -0.451 e. The first-order valence-electron chi connectivity index (χ1n) is 6.62. The summed E-state index contributed by atoms with van der Waals surface area (Å²) in [7, 11) is 0. The smallest absolute Gasteiger partial charge is 0.329 e. The molecule has 1 aromatic carbocycles. The Morgan fingerprint density at radius 2 is 1.86 bits per heavy atom. The Labute approximate surface area is 128 Å². The first kappa shape index (κ1) is 17.2. The fraction of sp³-hybridized carbons (Fsp3) is 0.333. The van der Waals surface area contributed by atoms with Crippen LogP contribution in [0, 0.1) is 11.3 Å². The van der Waals surface area contributed by atoms with Crippen LogP contribution in [0.3, 0.4) is 0 Å². The van der Waals surface area contributed by atoms with Crippen molar-refractivity contribution < 1.29 is 19.1 Å². The van der Waals surface area contributed by atoms with E-state index in [2.05, 4.69) is 10.6 Å². The molecule has 0 heterocycles. The topological polar surface area (TPSA) is 108 Å². The van der Waals surface area contributed by atoms with Gasteiger partial charge in [-0.15, -0.1) is 0 Å². The number of hydrogen-bond donors (Lipinski definition) is 2. The maximum absolute atomic E-state index is 12.0. The van der Waals surface area contributed by atoms with E-state index in [1.165, 1.54) is 20.8 Å². The lowest BCUT2D eigenvalue weighted by Gasteiger charge is -2.17. The molecule has 0 unspecified atom stereocenters. The number of benzene rings is 1. The standard InChI is InChI=1S/C15H17N3O4/c1-9(17-11(3)19)15(21)22-10(2)14(20)18-13-7-5-4-6-12(13)8-16/h4-7,9-10H,1-3H3,(H,17,19)(H,18,20)/t9-,10+/m0/s1. The Balaban J connectivity index is 2.64. The molecule has 0 aromatic heterocycles. The minimum absolute atomic E-state index is 0.306. The Hall–Kier alpha value is -2.88. The molecule has 7 heteroatoms. The van der Waals surface area contributed by atoms with Crippen molar-refractivity contribution in [1.29, 1.82) is 5.26 Å². The second kappa shape index (κ2) is 7.78. The van der Waals surface area contributed by atoms with Crippen LogP contribution >= 0.6 is 0 Å². The Morgan fingerprint density at radius 3 is 2.45 bits per heavy atom. The van der Waals surface area contributed by atoms with Gasteiger partial charge >= 0.3 is 5.97 Å². The third-order valence-electron chi connectivity index (χ3n) is 2.74. The number of nitriles is 1. The third kappa shape index (κ3) is 4.90. The summed E-state index contributed by atoms with van der Waals surface area (Å²) >= 11 is 0. The van der Waals surface area contributed by atoms with E-state index in [1.807, 2.05) is 6.07 Å². The quantitative estimate of drug-likeness (QED) is 0.787. The van der Waals surface area contributed by atoms with Crippen LogP contribution in [-0.2, 0) is 19.1 Å². The van der Waals surface area contributed by atoms with E-state index in [9.17, 15) is 14.4 Å². The third-order valence-corrected chi connectivity index (χ3v) is 2.74. The number of ether oxygens (including phenoxy) is 1. The van der Waals surface area contributed by atoms with Crippen molar-refractivity contribution in [2.45, 2.75) is 32.9 Å². The molecule has 0 aliphatic heterocycles. The van der Waals surface area contributed by atoms with Gasteiger partial charge in [0.15, 0.2) is 6.10 Å². The highest BCUT2D eigenvalue weighted by Gasteiger charge is 2.22. The number of para-hydroxylation sites is 1. The monoisotopic (exact) mass is 303 g/mol. The van der Waals surface area contributed by atoms with Gasteiger partial charge in [-0.25, -0.2) is 4.79 Å². The molecule has 0 saturated heterocycles. The van der Waals surface area contributed by atoms with Gasteiger partial charge in [-0.3, -0.25) is 9.59 Å². The Bertz CT molecular complexity index is 621. The van der Waals surface area contributed by atoms with Crippen LogP contribution in [0.15, 0.2) is 24.3 Å². The number of carbonyl (C=O) groups is 3. The molecule has 116 valence electrons. The molecule has 1 rings (SSSR count). The number of carbonyl (C=O) groups excluding carboxylic acids is 3. The van der Waals surface area contributed by atoms with Gasteiger partial charge in [-0.2, -0.15) is 5.26 Å². The van der Waals surface area contributed by atoms with E-state index in [0.717, 1.165) is 0 Å². The van der Waals surface area contributed by atoms with Crippen molar-refractivity contribution in [3.63, 3.8) is 0 Å². The molecule has 2 N–H and O–H groups in total. The van der Waals surface area contributed by atoms with Crippen LogP contribution < -0.4 is 10.6 Å². The van der Waals surface area contributed by atoms with Gasteiger partial charge in [-0.05, 0) is 26.0 Å². The molecule has 0 bridgehead atoms. The van der Waals surface area contributed by atoms with E-state index < -0.39 is 24.0 Å². The SMILES string of the molecule is CC(=O)N[C@@H](C)C(=O)O[C@H](C)C(=O)Nc1ccccc1C#N. The summed E-state index contributed by atoms with van der Waals surface area (Å²) in [6.45, 7) is 4.14. The van der Waals surface area contributed by atoms with Crippen molar-refractivity contribution in [3.05, 3.63) is 29.8 Å². The fourth-order valence-corrected chi connectivity index (χ4v) is 1.62. The highest BCUT2D eigenvalue weighted by molar-refractivity contribution is 5.96. The maximum Gasteiger partial charge on any atom is 0.329 e. The lowest BCUT2D eigenvalue weighted by atomic mass is 10.2. The molecule has 0 radical (unpaired) electrons. The van der Waals surface area contributed by atoms with Crippen LogP contribution in [0.5, 0.6) is 0 Å². The van der Waals surface area contributed by atoms with Gasteiger partial charge in [0.1, 0.15) is 12.1 Å². The van der Waals surface area contributed by atoms with Gasteiger partial charge in [-0.1, -0.05) is 12.1 Å². The molecule has 0 aliphatic rings. The summed E-state index contributed by atoms with van der Waals surface area (Å²) < 4.78 is 4.97. The molecule has 0 fully saturated rings. The molecule has 2 atom stereocenters. The van der Waals surface area contributed by atoms with Crippen molar-refractivity contribution in [2.24, 2.45) is 0 Å². The highest BCUT2D eigenvalue weighted by atomic mass is 16.5. The normalized spacial score (nSPS) is 12.5. The predicted molar refractivity (Wildman–Crippen MR) is 78.6 cm³/mol. The highest BCUT2D eigenvalue weighted by Crippen LogP contribution is 2.14. The van der Waals surface area contributed by atoms with Crippen molar-refractivity contribution in [2.75, 3.05) is 5.32 Å². The van der Waals surface area contributed by atoms with Crippen LogP contribution in [0.25, 0.3) is 0 Å². The maximum atomic E-state index is 12.0. The fourth-order valence-electron chi connectivity index (χ4n) is 1.62. The average Bonchev–Trinajstić information content (AvgIpc) is 2.46. The van der Waals surface area contributed by atoms with E-state index in [1.54, 1.807) is 24.3 Å². The van der Waals surface area contributed by atoms with Crippen LogP contribution in [-0.4, -0.2) is 29.9 Å². The zero-order chi connectivity index (χ0) is 16.7. The Morgan fingerprint density at radius 1 is 1.23 bits per heavy atom. The number of rotatable bonds is 5. The van der Waals surface area contributed by atoms with Gasteiger partial charge in [0.25, 0.3) is 5.91 Å². The predicted octanol–water partition coefficient (Wildman–Crippen LogP) is 0.953. The molecular formula is C15H17N3O4. The zero-order valence-corrected chi connectivity index (χ0v) is 12.5. The van der Waals surface area contributed by atoms with E-state index in [0.29, 0.717) is 11.3 Å². The molecule has 1 aromatic rings. The molecular weight excluding hydrogens is 286 g/mol. The molecule has 2 amide bonds. The van der Waals surface area contributed by atoms with Crippen molar-refractivity contribution in [3.8, 4) is 6.07 Å². The Kier molecular flexibility index (Phi) is 6.08. The van der Waals surface area contributed by atoms with Gasteiger partial charge < -0.3 is 15.4 Å². The second-order valence-corrected chi connectivity index (χ2v) is 4.65. The molecule has 22 heavy (non-hydrogen) atoms. The van der Waals surface area contributed by atoms with E-state index in [-0.39, 0.29) is 5.91 Å². The molecule has 0 aliphatic carbocycles. The molecule has 7 nitrogen and oxygen atoms in total. The summed E-state index contributed by atoms with van der Waals surface area (Å²) in [5.41, 5.74) is 0.647. The van der Waals surface area contributed by atoms with Gasteiger partial charge in [0.05, 0.1) is 11.3 Å². The first-order chi connectivity index (χ1) is 10.3. The summed E-state index contributed by atoms with van der Waals surface area (Å²) in [5, 5.41) is 13.8. The number of nitrogens with zero attached hydrogens (tertiary/aromatic N) is 1. The van der Waals surface area contributed by atoms with Crippen LogP contribution in [0.1, 0.15) is 26.3 Å². The van der Waals surface area contributed by atoms with Crippen LogP contribution in [0.4, 0.5) is 5.69 Å². The van der Waals surface area contributed by atoms with Gasteiger partial charge in [0.2, 0.25) is 5.91 Å². The van der Waals surface area contributed by atoms with Gasteiger partial charge in [0, 0.05) is 6.92 Å². The summed E-state index contributed by atoms with van der Waals surface area (Å²) in [6, 6.07) is 7.58. The minimum atomic E-state index is -1.06. The number of nitrogens with one attached hydrogen (secondary N) is 2. The van der Waals surface area contributed by atoms with Crippen LogP contribution in [0.2, 0.25) is 0 Å². The average molecular weight is 303 g/mol. The summed E-state index contributed by atoms with van der Waals surface area (Å²) in [5.74, 6) is -1.65. The number of esters is 1.